The van der Waals surface area contributed by atoms with E-state index in [0.29, 0.717) is 19.3 Å². The van der Waals surface area contributed by atoms with Gasteiger partial charge in [0.25, 0.3) is 0 Å². The molecule has 4 unspecified atom stereocenters. The van der Waals surface area contributed by atoms with E-state index in [-0.39, 0.29) is 28.9 Å². The summed E-state index contributed by atoms with van der Waals surface area (Å²) >= 11 is 0. The fourth-order valence-corrected chi connectivity index (χ4v) is 7.08. The third-order valence-electron chi connectivity index (χ3n) is 10.4. The maximum atomic E-state index is 13.1. The minimum Gasteiger partial charge on any atom is -0.459 e. The Morgan fingerprint density at radius 1 is 0.566 bits per heavy atom. The fraction of sp³-hybridized carbons (Fsp3) is 0.870. The molecule has 0 heterocycles. The molecule has 53 heavy (non-hydrogen) atoms. The maximum absolute atomic E-state index is 13.1. The molecule has 314 valence electrons. The summed E-state index contributed by atoms with van der Waals surface area (Å²) < 4.78 is 11.8. The average molecular weight is 815 g/mol. The molecular formula is C46H88BrNO5. The van der Waals surface area contributed by atoms with Crippen molar-refractivity contribution in [1.82, 2.24) is 0 Å². The van der Waals surface area contributed by atoms with Gasteiger partial charge in [-0.25, -0.2) is 0 Å². The number of unbranched alkanes of at least 4 members (excludes halogenated alkanes) is 22. The first-order valence-corrected chi connectivity index (χ1v) is 22.2. The molecule has 0 aliphatic carbocycles. The first-order valence-electron chi connectivity index (χ1n) is 22.2. The van der Waals surface area contributed by atoms with Crippen molar-refractivity contribution >= 4 is 28.9 Å². The zero-order valence-corrected chi connectivity index (χ0v) is 37.4. The number of halogens is 1. The van der Waals surface area contributed by atoms with Gasteiger partial charge in [-0.15, -0.1) is 17.0 Å². The van der Waals surface area contributed by atoms with Crippen molar-refractivity contribution in [2.75, 3.05) is 0 Å². The van der Waals surface area contributed by atoms with Gasteiger partial charge in [0.2, 0.25) is 0 Å². The Morgan fingerprint density at radius 3 is 1.23 bits per heavy atom. The summed E-state index contributed by atoms with van der Waals surface area (Å²) in [5, 5.41) is 11.0. The topological polar surface area (TPSA) is 98.8 Å². The Hall–Kier alpha value is -1.18. The highest BCUT2D eigenvalue weighted by Crippen LogP contribution is 2.30. The van der Waals surface area contributed by atoms with Crippen LogP contribution in [-0.2, 0) is 19.1 Å². The number of aliphatic hydroxyl groups is 1. The van der Waals surface area contributed by atoms with Crippen LogP contribution in [0.4, 0.5) is 0 Å². The summed E-state index contributed by atoms with van der Waals surface area (Å²) in [6.07, 6.45) is 39.4. The highest BCUT2D eigenvalue weighted by Gasteiger charge is 2.43. The summed E-state index contributed by atoms with van der Waals surface area (Å²) in [4.78, 5) is 25.9. The van der Waals surface area contributed by atoms with Gasteiger partial charge in [-0.05, 0) is 91.4 Å². The molecule has 0 bridgehead atoms. The Bertz CT molecular complexity index is 886. The van der Waals surface area contributed by atoms with Crippen molar-refractivity contribution < 1.29 is 24.2 Å². The molecule has 0 saturated carbocycles. The first-order chi connectivity index (χ1) is 25.1. The molecule has 0 aliphatic heterocycles. The van der Waals surface area contributed by atoms with Crippen LogP contribution < -0.4 is 5.73 Å². The van der Waals surface area contributed by atoms with Crippen LogP contribution in [0.3, 0.4) is 0 Å². The Morgan fingerprint density at radius 2 is 0.887 bits per heavy atom. The normalized spacial score (nSPS) is 14.3. The molecule has 0 aromatic heterocycles. The largest absolute Gasteiger partial charge is 0.459 e. The number of carbonyl (C=O) groups is 2. The maximum Gasteiger partial charge on any atom is 0.306 e. The van der Waals surface area contributed by atoms with Crippen LogP contribution in [0, 0.1) is 5.92 Å². The van der Waals surface area contributed by atoms with Crippen molar-refractivity contribution in [3.63, 3.8) is 0 Å². The highest BCUT2D eigenvalue weighted by atomic mass is 79.9. The van der Waals surface area contributed by atoms with E-state index < -0.39 is 29.8 Å². The van der Waals surface area contributed by atoms with Crippen molar-refractivity contribution in [1.29, 1.82) is 0 Å². The van der Waals surface area contributed by atoms with Gasteiger partial charge < -0.3 is 20.3 Å². The van der Waals surface area contributed by atoms with Crippen molar-refractivity contribution in [3.05, 3.63) is 24.3 Å². The van der Waals surface area contributed by atoms with Crippen LogP contribution >= 0.6 is 17.0 Å². The Labute approximate surface area is 339 Å². The van der Waals surface area contributed by atoms with Crippen molar-refractivity contribution in [2.24, 2.45) is 11.7 Å². The van der Waals surface area contributed by atoms with E-state index >= 15 is 0 Å². The summed E-state index contributed by atoms with van der Waals surface area (Å²) in [7, 11) is 0. The van der Waals surface area contributed by atoms with E-state index in [4.69, 9.17) is 15.2 Å². The molecule has 0 amide bonds. The molecule has 0 radical (unpaired) electrons. The second-order valence-electron chi connectivity index (χ2n) is 16.1. The number of hydrogen-bond donors (Lipinski definition) is 2. The minimum atomic E-state index is -0.840. The Kier molecular flexibility index (Phi) is 38.4. The summed E-state index contributed by atoms with van der Waals surface area (Å²) in [5.74, 6) is -1.18. The van der Waals surface area contributed by atoms with Crippen molar-refractivity contribution in [2.45, 2.75) is 252 Å². The summed E-state index contributed by atoms with van der Waals surface area (Å²) in [6, 6.07) is 0. The number of allylic oxidation sites excluding steroid dienone is 4. The lowest BCUT2D eigenvalue weighted by Crippen LogP contribution is -2.56. The molecule has 0 aromatic carbocycles. The molecule has 0 aromatic rings. The van der Waals surface area contributed by atoms with Gasteiger partial charge in [-0.1, -0.05) is 148 Å². The molecule has 0 spiro atoms. The van der Waals surface area contributed by atoms with E-state index in [0.717, 1.165) is 57.8 Å². The number of hydrogen-bond acceptors (Lipinski definition) is 6. The lowest BCUT2D eigenvalue weighted by molar-refractivity contribution is -0.178. The molecule has 0 saturated heterocycles. The zero-order chi connectivity index (χ0) is 38.7. The molecule has 0 rings (SSSR count). The summed E-state index contributed by atoms with van der Waals surface area (Å²) in [5.41, 5.74) is 5.70. The minimum absolute atomic E-state index is 0. The molecule has 4 atom stereocenters. The zero-order valence-electron chi connectivity index (χ0n) is 35.7. The van der Waals surface area contributed by atoms with E-state index in [1.807, 2.05) is 20.8 Å². The van der Waals surface area contributed by atoms with Crippen LogP contribution in [0.2, 0.25) is 0 Å². The van der Waals surface area contributed by atoms with Crippen LogP contribution in [0.1, 0.15) is 228 Å². The molecule has 0 fully saturated rings. The molecular weight excluding hydrogens is 726 g/mol. The monoisotopic (exact) mass is 814 g/mol. The fourth-order valence-electron chi connectivity index (χ4n) is 7.08. The molecule has 3 N–H and O–H groups in total. The number of rotatable bonds is 37. The van der Waals surface area contributed by atoms with Gasteiger partial charge >= 0.3 is 11.9 Å². The average Bonchev–Trinajstić information content (AvgIpc) is 3.10. The van der Waals surface area contributed by atoms with Crippen LogP contribution in [-0.4, -0.2) is 40.9 Å². The molecule has 0 aliphatic rings. The van der Waals surface area contributed by atoms with E-state index in [9.17, 15) is 14.7 Å². The smallest absolute Gasteiger partial charge is 0.306 e. The predicted octanol–water partition coefficient (Wildman–Crippen LogP) is 13.6. The summed E-state index contributed by atoms with van der Waals surface area (Å²) in [6.45, 7) is 11.8. The number of carbonyl (C=O) groups excluding carboxylic acids is 2. The molecule has 7 heteroatoms. The van der Waals surface area contributed by atoms with Crippen LogP contribution in [0.25, 0.3) is 0 Å². The lowest BCUT2D eigenvalue weighted by atomic mass is 9.77. The Balaban J connectivity index is 0. The third kappa shape index (κ3) is 32.7. The second-order valence-corrected chi connectivity index (χ2v) is 16.1. The van der Waals surface area contributed by atoms with Gasteiger partial charge in [0.05, 0.1) is 6.10 Å². The number of aliphatic hydroxyl groups excluding tert-OH is 1. The second kappa shape index (κ2) is 37.7. The number of ether oxygens (including phenoxy) is 2. The van der Waals surface area contributed by atoms with Gasteiger partial charge in [0, 0.05) is 24.3 Å². The quantitative estimate of drug-likeness (QED) is 0.0368. The van der Waals surface area contributed by atoms with Crippen LogP contribution in [0.15, 0.2) is 24.3 Å². The number of esters is 2. The lowest BCUT2D eigenvalue weighted by Gasteiger charge is -2.41. The SMILES string of the molecule is Br.CCCCCCCCC=CCCCCCCCC(=O)OC(C)C(OC(=O)CCCCCCCC=CCCCCCCCC)C(C(O)CC)C(C)(C)N. The van der Waals surface area contributed by atoms with E-state index in [1.165, 1.54) is 109 Å². The van der Waals surface area contributed by atoms with E-state index in [2.05, 4.69) is 38.2 Å². The molecule has 6 nitrogen and oxygen atoms in total. The number of nitrogens with two attached hydrogens (primary N) is 1. The van der Waals surface area contributed by atoms with Gasteiger partial charge in [0.1, 0.15) is 12.2 Å². The van der Waals surface area contributed by atoms with Gasteiger partial charge in [-0.3, -0.25) is 9.59 Å². The highest BCUT2D eigenvalue weighted by molar-refractivity contribution is 8.93. The van der Waals surface area contributed by atoms with E-state index in [1.54, 1.807) is 6.92 Å². The first kappa shape index (κ1) is 53.9. The third-order valence-corrected chi connectivity index (χ3v) is 10.4. The predicted molar refractivity (Wildman–Crippen MR) is 233 cm³/mol. The van der Waals surface area contributed by atoms with Crippen LogP contribution in [0.5, 0.6) is 0 Å². The van der Waals surface area contributed by atoms with Crippen molar-refractivity contribution in [3.8, 4) is 0 Å². The standard InChI is InChI=1S/C46H87NO5.BrH/c1-7-10-12-14-16-18-20-22-24-26-28-30-32-34-36-38-42(49)51-40(4)45(44(41(48)9-3)46(5,6)47)52-43(50)39-37-35-33-31-29-27-25-23-21-19-17-15-13-11-8-2;/h22-25,40-41,44-45,48H,7-21,26-39,47H2,1-6H3;1H. The van der Waals surface area contributed by atoms with Gasteiger partial charge in [-0.2, -0.15) is 0 Å². The van der Waals surface area contributed by atoms with Gasteiger partial charge in [0.15, 0.2) is 0 Å².